The molecule has 13 aromatic rings. The molecule has 3 aromatic heterocycles. The summed E-state index contributed by atoms with van der Waals surface area (Å²) >= 11 is 0. The van der Waals surface area contributed by atoms with Crippen LogP contribution in [0.2, 0.25) is 0 Å². The molecule has 298 valence electrons. The van der Waals surface area contributed by atoms with Gasteiger partial charge in [0.2, 0.25) is 0 Å². The van der Waals surface area contributed by atoms with Crippen molar-refractivity contribution in [2.24, 2.45) is 0 Å². The van der Waals surface area contributed by atoms with E-state index in [1.54, 1.807) is 0 Å². The fourth-order valence-corrected chi connectivity index (χ4v) is 9.46. The van der Waals surface area contributed by atoms with Crippen LogP contribution in [-0.2, 0) is 0 Å². The van der Waals surface area contributed by atoms with Crippen molar-refractivity contribution in [1.29, 1.82) is 0 Å². The molecule has 0 amide bonds. The first-order valence-electron chi connectivity index (χ1n) is 21.6. The van der Waals surface area contributed by atoms with E-state index >= 15 is 0 Å². The topological polar surface area (TPSA) is 56.7 Å². The number of furan rings is 1. The zero-order valence-corrected chi connectivity index (χ0v) is 34.5. The Morgan fingerprint density at radius 2 is 0.766 bits per heavy atom. The van der Waals surface area contributed by atoms with Crippen LogP contribution >= 0.6 is 0 Å². The van der Waals surface area contributed by atoms with Gasteiger partial charge in [-0.1, -0.05) is 158 Å². The molecule has 0 fully saturated rings. The maximum Gasteiger partial charge on any atom is 0.164 e. The Kier molecular flexibility index (Phi) is 8.15. The molecule has 3 heterocycles. The minimum atomic E-state index is 0.578. The van der Waals surface area contributed by atoms with Gasteiger partial charge >= 0.3 is 0 Å². The Hall–Kier alpha value is -8.67. The number of nitrogens with zero attached hydrogens (tertiary/aromatic N) is 4. The molecular weight excluding hydrogens is 781 g/mol. The van der Waals surface area contributed by atoms with Crippen LogP contribution in [0.1, 0.15) is 0 Å². The van der Waals surface area contributed by atoms with Crippen LogP contribution in [0.3, 0.4) is 0 Å². The highest BCUT2D eigenvalue weighted by Gasteiger charge is 2.21. The molecule has 0 aliphatic rings. The van der Waals surface area contributed by atoms with E-state index in [1.165, 1.54) is 43.8 Å². The smallest absolute Gasteiger partial charge is 0.164 e. The van der Waals surface area contributed by atoms with Crippen LogP contribution < -0.4 is 0 Å². The molecule has 0 N–H and O–H groups in total. The molecule has 0 aliphatic heterocycles. The number of hydrogen-bond donors (Lipinski definition) is 0. The fourth-order valence-electron chi connectivity index (χ4n) is 9.46. The molecule has 0 radical (unpaired) electrons. The Morgan fingerprint density at radius 3 is 1.31 bits per heavy atom. The summed E-state index contributed by atoms with van der Waals surface area (Å²) in [5, 5.41) is 9.05. The summed E-state index contributed by atoms with van der Waals surface area (Å²) in [6.45, 7) is 0. The Balaban J connectivity index is 0.989. The maximum atomic E-state index is 6.77. The van der Waals surface area contributed by atoms with Crippen LogP contribution in [-0.4, -0.2) is 19.5 Å². The summed E-state index contributed by atoms with van der Waals surface area (Å²) < 4.78 is 9.17. The molecule has 0 saturated carbocycles. The SMILES string of the molecule is c1ccc(-c2ccc3c(c2)c2cc(-c4ccccc4)ccc2n3-c2cccc3oc4cc(-c5nc(-c6ccc7ccccc7c6)nc(-c6ccc7ccccc7c6)n5)ccc4c23)cc1. The number of fused-ring (bicyclic) bond motifs is 8. The van der Waals surface area contributed by atoms with Gasteiger partial charge in [0.15, 0.2) is 17.5 Å². The second kappa shape index (κ2) is 14.5. The minimum absolute atomic E-state index is 0.578. The summed E-state index contributed by atoms with van der Waals surface area (Å²) in [5.74, 6) is 1.81. The van der Waals surface area contributed by atoms with E-state index < -0.39 is 0 Å². The lowest BCUT2D eigenvalue weighted by molar-refractivity contribution is 0.669. The Morgan fingerprint density at radius 1 is 0.297 bits per heavy atom. The summed E-state index contributed by atoms with van der Waals surface area (Å²) in [4.78, 5) is 15.4. The van der Waals surface area contributed by atoms with Gasteiger partial charge in [0.25, 0.3) is 0 Å². The van der Waals surface area contributed by atoms with Crippen molar-refractivity contribution in [2.75, 3.05) is 0 Å². The standard InChI is InChI=1S/C59H36N4O/c1-3-12-37(13-4-1)43-27-30-51-49(34-43)50-35-44(38-14-5-2-6-15-38)28-31-52(50)63(51)53-20-11-21-54-56(53)48-29-26-47(36-55(48)64-54)59-61-57(45-24-22-39-16-7-9-18-41(39)32-45)60-58(62-59)46-25-23-40-17-8-10-19-42(40)33-46/h1-36H. The zero-order valence-electron chi connectivity index (χ0n) is 34.5. The monoisotopic (exact) mass is 816 g/mol. The molecule has 0 unspecified atom stereocenters. The predicted octanol–water partition coefficient (Wildman–Crippen LogP) is 15.5. The third-order valence-electron chi connectivity index (χ3n) is 12.6. The van der Waals surface area contributed by atoms with E-state index in [1.807, 2.05) is 0 Å². The van der Waals surface area contributed by atoms with Gasteiger partial charge in [-0.3, -0.25) is 0 Å². The molecular formula is C59H36N4O. The number of hydrogen-bond acceptors (Lipinski definition) is 4. The number of aromatic nitrogens is 4. The van der Waals surface area contributed by atoms with E-state index in [0.717, 1.165) is 66.1 Å². The Bertz CT molecular complexity index is 3770. The molecule has 13 rings (SSSR count). The van der Waals surface area contributed by atoms with Gasteiger partial charge in [-0.15, -0.1) is 0 Å². The van der Waals surface area contributed by atoms with E-state index in [0.29, 0.717) is 17.5 Å². The fraction of sp³-hybridized carbons (Fsp3) is 0. The third kappa shape index (κ3) is 5.98. The van der Waals surface area contributed by atoms with Crippen molar-refractivity contribution >= 4 is 65.3 Å². The van der Waals surface area contributed by atoms with Gasteiger partial charge < -0.3 is 8.98 Å². The highest BCUT2D eigenvalue weighted by molar-refractivity contribution is 6.16. The lowest BCUT2D eigenvalue weighted by Crippen LogP contribution is -2.00. The minimum Gasteiger partial charge on any atom is -0.456 e. The van der Waals surface area contributed by atoms with Crippen molar-refractivity contribution < 1.29 is 4.42 Å². The van der Waals surface area contributed by atoms with Crippen molar-refractivity contribution in [3.63, 3.8) is 0 Å². The average Bonchev–Trinajstić information content (AvgIpc) is 3.91. The first-order valence-corrected chi connectivity index (χ1v) is 21.6. The summed E-state index contributed by atoms with van der Waals surface area (Å²) in [7, 11) is 0. The molecule has 0 bridgehead atoms. The highest BCUT2D eigenvalue weighted by Crippen LogP contribution is 2.42. The molecule has 0 aliphatic carbocycles. The first-order chi connectivity index (χ1) is 31.7. The second-order valence-electron chi connectivity index (χ2n) is 16.4. The normalized spacial score (nSPS) is 11.8. The first kappa shape index (κ1) is 36.0. The summed E-state index contributed by atoms with van der Waals surface area (Å²) in [6.07, 6.45) is 0. The van der Waals surface area contributed by atoms with Gasteiger partial charge in [-0.2, -0.15) is 0 Å². The van der Waals surface area contributed by atoms with Gasteiger partial charge in [-0.25, -0.2) is 15.0 Å². The second-order valence-corrected chi connectivity index (χ2v) is 16.4. The number of rotatable bonds is 6. The van der Waals surface area contributed by atoms with Crippen LogP contribution in [0.4, 0.5) is 0 Å². The average molecular weight is 817 g/mol. The van der Waals surface area contributed by atoms with Gasteiger partial charge in [-0.05, 0) is 104 Å². The number of benzene rings is 10. The van der Waals surface area contributed by atoms with Crippen LogP contribution in [0, 0.1) is 0 Å². The van der Waals surface area contributed by atoms with E-state index in [2.05, 4.69) is 223 Å². The lowest BCUT2D eigenvalue weighted by atomic mass is 10.0. The lowest BCUT2D eigenvalue weighted by Gasteiger charge is -2.11. The highest BCUT2D eigenvalue weighted by atomic mass is 16.3. The van der Waals surface area contributed by atoms with Crippen molar-refractivity contribution in [3.8, 4) is 62.1 Å². The van der Waals surface area contributed by atoms with Gasteiger partial charge in [0.05, 0.1) is 22.1 Å². The quantitative estimate of drug-likeness (QED) is 0.168. The van der Waals surface area contributed by atoms with E-state index in [-0.39, 0.29) is 0 Å². The molecule has 10 aromatic carbocycles. The van der Waals surface area contributed by atoms with Crippen LogP contribution in [0.15, 0.2) is 223 Å². The van der Waals surface area contributed by atoms with Crippen molar-refractivity contribution in [2.45, 2.75) is 0 Å². The molecule has 5 heteroatoms. The van der Waals surface area contributed by atoms with Gasteiger partial charge in [0.1, 0.15) is 11.2 Å². The largest absolute Gasteiger partial charge is 0.456 e. The van der Waals surface area contributed by atoms with Crippen LogP contribution in [0.5, 0.6) is 0 Å². The summed E-state index contributed by atoms with van der Waals surface area (Å²) in [6, 6.07) is 77.1. The van der Waals surface area contributed by atoms with Crippen LogP contribution in [0.25, 0.3) is 127 Å². The molecule has 5 nitrogen and oxygen atoms in total. The van der Waals surface area contributed by atoms with E-state index in [4.69, 9.17) is 19.4 Å². The molecule has 0 spiro atoms. The van der Waals surface area contributed by atoms with E-state index in [9.17, 15) is 0 Å². The summed E-state index contributed by atoms with van der Waals surface area (Å²) in [5.41, 5.74) is 12.3. The molecule has 64 heavy (non-hydrogen) atoms. The zero-order chi connectivity index (χ0) is 42.1. The third-order valence-corrected chi connectivity index (χ3v) is 12.6. The maximum absolute atomic E-state index is 6.77. The molecule has 0 atom stereocenters. The van der Waals surface area contributed by atoms with Gasteiger partial charge in [0, 0.05) is 32.8 Å². The Labute approximate surface area is 368 Å². The predicted molar refractivity (Wildman–Crippen MR) is 264 cm³/mol. The van der Waals surface area contributed by atoms with Crippen molar-refractivity contribution in [3.05, 3.63) is 218 Å². The molecule has 0 saturated heterocycles. The van der Waals surface area contributed by atoms with Crippen molar-refractivity contribution in [1.82, 2.24) is 19.5 Å².